The van der Waals surface area contributed by atoms with Crippen molar-refractivity contribution in [2.24, 2.45) is 0 Å². The van der Waals surface area contributed by atoms with Crippen molar-refractivity contribution in [2.75, 3.05) is 19.6 Å². The molecule has 0 radical (unpaired) electrons. The van der Waals surface area contributed by atoms with Crippen LogP contribution in [0.4, 0.5) is 0 Å². The molecule has 0 spiro atoms. The minimum Gasteiger partial charge on any atom is -0.359 e. The molecular weight excluding hydrogens is 396 g/mol. The molecule has 0 bridgehead atoms. The van der Waals surface area contributed by atoms with Crippen LogP contribution in [0.2, 0.25) is 0 Å². The maximum atomic E-state index is 12.7. The highest BCUT2D eigenvalue weighted by atomic mass is 16.2. The summed E-state index contributed by atoms with van der Waals surface area (Å²) in [5, 5.41) is 8.08. The largest absolute Gasteiger partial charge is 0.359 e. The topological polar surface area (TPSA) is 108 Å². The van der Waals surface area contributed by atoms with E-state index in [-0.39, 0.29) is 24.3 Å². The molecule has 1 aromatic carbocycles. The van der Waals surface area contributed by atoms with Gasteiger partial charge in [0, 0.05) is 49.6 Å². The van der Waals surface area contributed by atoms with E-state index in [1.54, 1.807) is 4.90 Å². The third-order valence-corrected chi connectivity index (χ3v) is 5.15. The first kappa shape index (κ1) is 24.1. The number of amides is 4. The molecule has 1 atom stereocenters. The quantitative estimate of drug-likeness (QED) is 0.247. The van der Waals surface area contributed by atoms with Crippen LogP contribution >= 0.6 is 0 Å². The number of imide groups is 1. The SMILES string of the molecule is CC(CCC(=O)NC=O)N1Cc2cc(C#CCCNCCCCNC=O)ccc2C1=O. The second kappa shape index (κ2) is 13.2. The maximum absolute atomic E-state index is 12.7. The lowest BCUT2D eigenvalue weighted by molar-refractivity contribution is -0.125. The van der Waals surface area contributed by atoms with Crippen molar-refractivity contribution in [2.45, 2.75) is 51.6 Å². The molecule has 166 valence electrons. The number of rotatable bonds is 13. The summed E-state index contributed by atoms with van der Waals surface area (Å²) in [6.07, 6.45) is 4.46. The van der Waals surface area contributed by atoms with Gasteiger partial charge in [-0.25, -0.2) is 0 Å². The van der Waals surface area contributed by atoms with Crippen LogP contribution in [0.3, 0.4) is 0 Å². The molecule has 0 fully saturated rings. The van der Waals surface area contributed by atoms with Crippen LogP contribution in [0, 0.1) is 11.8 Å². The predicted octanol–water partition coefficient (Wildman–Crippen LogP) is 0.941. The smallest absolute Gasteiger partial charge is 0.254 e. The average molecular weight is 427 g/mol. The molecule has 1 aromatic rings. The van der Waals surface area contributed by atoms with Crippen molar-refractivity contribution < 1.29 is 19.2 Å². The van der Waals surface area contributed by atoms with Gasteiger partial charge in [-0.15, -0.1) is 0 Å². The van der Waals surface area contributed by atoms with Crippen LogP contribution in [-0.4, -0.2) is 55.2 Å². The van der Waals surface area contributed by atoms with E-state index in [9.17, 15) is 19.2 Å². The molecule has 1 unspecified atom stereocenters. The van der Waals surface area contributed by atoms with Crippen molar-refractivity contribution in [1.29, 1.82) is 0 Å². The van der Waals surface area contributed by atoms with E-state index in [4.69, 9.17) is 0 Å². The molecule has 0 aliphatic carbocycles. The molecule has 1 aliphatic heterocycles. The van der Waals surface area contributed by atoms with Gasteiger partial charge in [-0.05, 0) is 56.5 Å². The van der Waals surface area contributed by atoms with E-state index in [1.807, 2.05) is 25.1 Å². The van der Waals surface area contributed by atoms with Gasteiger partial charge in [-0.2, -0.15) is 0 Å². The number of nitrogens with zero attached hydrogens (tertiary/aromatic N) is 1. The van der Waals surface area contributed by atoms with E-state index in [1.165, 1.54) is 0 Å². The Morgan fingerprint density at radius 3 is 2.77 bits per heavy atom. The number of hydrogen-bond donors (Lipinski definition) is 3. The Morgan fingerprint density at radius 2 is 2.00 bits per heavy atom. The number of nitrogens with one attached hydrogen (secondary N) is 3. The van der Waals surface area contributed by atoms with E-state index in [0.717, 1.165) is 43.5 Å². The maximum Gasteiger partial charge on any atom is 0.254 e. The minimum absolute atomic E-state index is 0.0367. The lowest BCUT2D eigenvalue weighted by Gasteiger charge is -2.23. The van der Waals surface area contributed by atoms with Gasteiger partial charge in [-0.3, -0.25) is 24.5 Å². The van der Waals surface area contributed by atoms with Crippen molar-refractivity contribution in [3.05, 3.63) is 34.9 Å². The van der Waals surface area contributed by atoms with Gasteiger partial charge in [0.05, 0.1) is 0 Å². The summed E-state index contributed by atoms with van der Waals surface area (Å²) in [6.45, 7) is 4.82. The van der Waals surface area contributed by atoms with Crippen LogP contribution in [0.5, 0.6) is 0 Å². The van der Waals surface area contributed by atoms with E-state index >= 15 is 0 Å². The van der Waals surface area contributed by atoms with Gasteiger partial charge in [0.1, 0.15) is 0 Å². The summed E-state index contributed by atoms with van der Waals surface area (Å²) >= 11 is 0. The predicted molar refractivity (Wildman–Crippen MR) is 117 cm³/mol. The van der Waals surface area contributed by atoms with Crippen LogP contribution in [0.15, 0.2) is 18.2 Å². The summed E-state index contributed by atoms with van der Waals surface area (Å²) < 4.78 is 0. The normalized spacial score (nSPS) is 13.1. The molecule has 0 saturated heterocycles. The number of carbonyl (C=O) groups is 4. The number of hydrogen-bond acceptors (Lipinski definition) is 5. The minimum atomic E-state index is -0.340. The molecule has 1 heterocycles. The number of fused-ring (bicyclic) bond motifs is 1. The van der Waals surface area contributed by atoms with Crippen molar-refractivity contribution in [3.63, 3.8) is 0 Å². The van der Waals surface area contributed by atoms with Gasteiger partial charge < -0.3 is 15.5 Å². The summed E-state index contributed by atoms with van der Waals surface area (Å²) in [4.78, 5) is 46.3. The fourth-order valence-corrected chi connectivity index (χ4v) is 3.39. The van der Waals surface area contributed by atoms with Gasteiger partial charge in [0.25, 0.3) is 5.91 Å². The molecule has 4 amide bonds. The van der Waals surface area contributed by atoms with E-state index < -0.39 is 0 Å². The lowest BCUT2D eigenvalue weighted by Crippen LogP contribution is -2.34. The Kier molecular flexibility index (Phi) is 10.3. The van der Waals surface area contributed by atoms with Gasteiger partial charge in [-0.1, -0.05) is 11.8 Å². The monoisotopic (exact) mass is 426 g/mol. The molecule has 1 aliphatic rings. The Bertz CT molecular complexity index is 844. The molecule has 0 aromatic heterocycles. The van der Waals surface area contributed by atoms with Crippen LogP contribution in [0.1, 0.15) is 60.5 Å². The van der Waals surface area contributed by atoms with Crippen LogP contribution in [-0.2, 0) is 20.9 Å². The fourth-order valence-electron chi connectivity index (χ4n) is 3.39. The summed E-state index contributed by atoms with van der Waals surface area (Å²) in [5.41, 5.74) is 2.51. The molecule has 31 heavy (non-hydrogen) atoms. The summed E-state index contributed by atoms with van der Waals surface area (Å²) in [6, 6.07) is 5.54. The number of carbonyl (C=O) groups excluding carboxylic acids is 4. The molecule has 0 saturated carbocycles. The van der Waals surface area contributed by atoms with Gasteiger partial charge in [0.2, 0.25) is 18.7 Å². The Hall–Kier alpha value is -3.18. The summed E-state index contributed by atoms with van der Waals surface area (Å²) in [7, 11) is 0. The molecule has 8 nitrogen and oxygen atoms in total. The second-order valence-electron chi connectivity index (χ2n) is 7.46. The average Bonchev–Trinajstić information content (AvgIpc) is 3.09. The fraction of sp³-hybridized carbons (Fsp3) is 0.478. The third-order valence-electron chi connectivity index (χ3n) is 5.15. The van der Waals surface area contributed by atoms with Crippen molar-refractivity contribution in [3.8, 4) is 11.8 Å². The number of unbranched alkanes of at least 4 members (excludes halogenated alkanes) is 1. The zero-order valence-electron chi connectivity index (χ0n) is 17.9. The summed E-state index contributed by atoms with van der Waals surface area (Å²) in [5.74, 6) is 5.93. The highest BCUT2D eigenvalue weighted by Crippen LogP contribution is 2.26. The van der Waals surface area contributed by atoms with Crippen molar-refractivity contribution >= 4 is 24.6 Å². The highest BCUT2D eigenvalue weighted by molar-refractivity contribution is 5.98. The molecule has 3 N–H and O–H groups in total. The zero-order chi connectivity index (χ0) is 22.5. The van der Waals surface area contributed by atoms with Crippen LogP contribution < -0.4 is 16.0 Å². The Balaban J connectivity index is 1.77. The van der Waals surface area contributed by atoms with Crippen molar-refractivity contribution in [1.82, 2.24) is 20.9 Å². The third kappa shape index (κ3) is 7.87. The first-order valence-corrected chi connectivity index (χ1v) is 10.6. The van der Waals surface area contributed by atoms with E-state index in [2.05, 4.69) is 27.8 Å². The Morgan fingerprint density at radius 1 is 1.19 bits per heavy atom. The highest BCUT2D eigenvalue weighted by Gasteiger charge is 2.30. The van der Waals surface area contributed by atoms with Gasteiger partial charge >= 0.3 is 0 Å². The van der Waals surface area contributed by atoms with E-state index in [0.29, 0.717) is 37.9 Å². The molecular formula is C23H30N4O4. The zero-order valence-corrected chi connectivity index (χ0v) is 17.9. The number of benzene rings is 1. The molecule has 8 heteroatoms. The molecule has 2 rings (SSSR count). The standard InChI is InChI=1S/C23H30N4O4/c1-18(7-10-22(30)26-17-29)27-15-20-14-19(8-9-21(20)23(27)31)6-2-3-11-24-12-4-5-13-25-16-28/h8-9,14,16-18,24H,3-5,7,10-13,15H2,1H3,(H,25,28)(H,26,29,30). The Labute approximate surface area is 183 Å². The lowest BCUT2D eigenvalue weighted by atomic mass is 10.1. The first-order valence-electron chi connectivity index (χ1n) is 10.6. The van der Waals surface area contributed by atoms with Crippen LogP contribution in [0.25, 0.3) is 0 Å². The first-order chi connectivity index (χ1) is 15.1. The second-order valence-corrected chi connectivity index (χ2v) is 7.46. The van der Waals surface area contributed by atoms with Gasteiger partial charge in [0.15, 0.2) is 0 Å².